The van der Waals surface area contributed by atoms with Crippen LogP contribution >= 0.6 is 0 Å². The van der Waals surface area contributed by atoms with Crippen LogP contribution in [0.4, 0.5) is 0 Å². The third kappa shape index (κ3) is 8.62. The lowest BCUT2D eigenvalue weighted by molar-refractivity contribution is 1.09. The normalized spacial score (nSPS) is 21.6. The van der Waals surface area contributed by atoms with E-state index in [0.717, 1.165) is 99.8 Å². The van der Waals surface area contributed by atoms with E-state index in [9.17, 15) is 0 Å². The topological polar surface area (TPSA) is 0 Å². The Hall–Kier alpha value is -6.00. The van der Waals surface area contributed by atoms with E-state index in [1.54, 1.807) is 0 Å². The van der Waals surface area contributed by atoms with Crippen molar-refractivity contribution < 1.29 is 0 Å². The Balaban J connectivity index is 1.21. The predicted octanol–water partition coefficient (Wildman–Crippen LogP) is 11.3. The number of hydrogen-bond acceptors (Lipinski definition) is 0. The van der Waals surface area contributed by atoms with Crippen molar-refractivity contribution in [1.82, 2.24) is 0 Å². The first-order valence-electron chi connectivity index (χ1n) is 16.8. The largest absolute Gasteiger partial charge is 0.148 e. The molecule has 0 amide bonds. The van der Waals surface area contributed by atoms with Crippen molar-refractivity contribution in [3.8, 4) is 0 Å². The molecule has 1 aromatic carbocycles. The number of hydrogen-bond donors (Lipinski definition) is 0. The van der Waals surface area contributed by atoms with Gasteiger partial charge in [-0.3, -0.25) is 0 Å². The van der Waals surface area contributed by atoms with Gasteiger partial charge < -0.3 is 0 Å². The second kappa shape index (κ2) is 15.1. The highest BCUT2D eigenvalue weighted by molar-refractivity contribution is 5.53. The summed E-state index contributed by atoms with van der Waals surface area (Å²) in [6.07, 6.45) is 66.9. The summed E-state index contributed by atoms with van der Waals surface area (Å²) in [5.41, 5.74) is 16.7. The summed E-state index contributed by atoms with van der Waals surface area (Å²) in [5.74, 6) is 0. The zero-order valence-corrected chi connectivity index (χ0v) is 27.1. The minimum absolute atomic E-state index is 0.743. The molecule has 0 radical (unpaired) electrons. The van der Waals surface area contributed by atoms with Crippen LogP contribution in [0.5, 0.6) is 0 Å². The van der Waals surface area contributed by atoms with Crippen molar-refractivity contribution in [2.45, 2.75) is 38.5 Å². The molecule has 6 aliphatic carbocycles. The van der Waals surface area contributed by atoms with Gasteiger partial charge in [-0.05, 0) is 55.4 Å². The Morgan fingerprint density at radius 3 is 1.83 bits per heavy atom. The SMILES string of the molecule is C(=C1C=CCC=C1)=C1[CH+]C=CC(=[C+]C2=CC(=[C+]c3cccc([C+]=C4C=CCC=C4)c3)C=C([C+]=C3C=CCC([C+]=C4C=CCC=C4)=C3)C2)C1. The van der Waals surface area contributed by atoms with E-state index in [0.29, 0.717) is 0 Å². The first kappa shape index (κ1) is 30.6. The molecule has 0 unspecified atom stereocenters. The van der Waals surface area contributed by atoms with Gasteiger partial charge in [-0.1, -0.05) is 12.2 Å². The summed E-state index contributed by atoms with van der Waals surface area (Å²) in [5, 5.41) is 0. The molecule has 0 spiro atoms. The zero-order chi connectivity index (χ0) is 32.4. The second-order valence-corrected chi connectivity index (χ2v) is 12.3. The minimum atomic E-state index is 0.743. The summed E-state index contributed by atoms with van der Waals surface area (Å²) in [6.45, 7) is 0. The molecule has 6 aliphatic rings. The maximum absolute atomic E-state index is 3.76. The molecule has 0 aromatic heterocycles. The molecule has 1 aromatic rings. The Bertz CT molecular complexity index is 1990. The van der Waals surface area contributed by atoms with Crippen molar-refractivity contribution in [2.75, 3.05) is 0 Å². The van der Waals surface area contributed by atoms with Gasteiger partial charge >= 0.3 is 0 Å². The standard InChI is InChI=1S/C48H36/c1-4-13-37(14-5-1)25-40-19-10-22-43(28-40)31-46-34-47(32-44-23-11-20-41(29-44)26-38-15-6-2-7-16-38)36-48(35-46)33-45-24-12-21-42(30-45)27-39-17-8-3-9-18-39/h4-20,22-24,28,30,34-35H,1-3,21,29,36H2/q+6. The van der Waals surface area contributed by atoms with Crippen molar-refractivity contribution in [3.63, 3.8) is 0 Å². The van der Waals surface area contributed by atoms with Crippen LogP contribution in [0.25, 0.3) is 0 Å². The average Bonchev–Trinajstić information content (AvgIpc) is 3.10. The van der Waals surface area contributed by atoms with E-state index in [1.165, 1.54) is 5.57 Å². The Kier molecular flexibility index (Phi) is 9.61. The highest BCUT2D eigenvalue weighted by Crippen LogP contribution is 2.30. The fraction of sp³-hybridized carbons (Fsp3) is 0.125. The van der Waals surface area contributed by atoms with Gasteiger partial charge in [-0.2, -0.15) is 0 Å². The molecule has 0 N–H and O–H groups in total. The van der Waals surface area contributed by atoms with Crippen molar-refractivity contribution in [3.05, 3.63) is 249 Å². The zero-order valence-electron chi connectivity index (χ0n) is 27.1. The van der Waals surface area contributed by atoms with Gasteiger partial charge in [0.1, 0.15) is 50.1 Å². The molecular formula is C48H36+6. The van der Waals surface area contributed by atoms with Crippen molar-refractivity contribution >= 4 is 0 Å². The summed E-state index contributed by atoms with van der Waals surface area (Å²) >= 11 is 0. The first-order chi connectivity index (χ1) is 23.7. The maximum atomic E-state index is 3.76. The van der Waals surface area contributed by atoms with Gasteiger partial charge in [0.25, 0.3) is 0 Å². The fourth-order valence-electron chi connectivity index (χ4n) is 6.10. The van der Waals surface area contributed by atoms with Gasteiger partial charge in [-0.15, -0.1) is 0 Å². The van der Waals surface area contributed by atoms with E-state index in [1.807, 2.05) is 0 Å². The Labute approximate surface area is 286 Å². The molecule has 7 rings (SSSR count). The molecule has 0 nitrogen and oxygen atoms in total. The van der Waals surface area contributed by atoms with E-state index < -0.39 is 0 Å². The van der Waals surface area contributed by atoms with E-state index in [2.05, 4.69) is 182 Å². The van der Waals surface area contributed by atoms with Crippen LogP contribution in [-0.2, 0) is 0 Å². The number of allylic oxidation sites excluding steroid dienone is 31. The van der Waals surface area contributed by atoms with Crippen LogP contribution in [0.3, 0.4) is 0 Å². The molecule has 0 heteroatoms. The molecule has 0 aliphatic heterocycles. The van der Waals surface area contributed by atoms with Crippen LogP contribution in [0.15, 0.2) is 201 Å². The molecule has 0 bridgehead atoms. The van der Waals surface area contributed by atoms with Crippen LogP contribution in [0, 0.1) is 36.8 Å². The van der Waals surface area contributed by atoms with Crippen molar-refractivity contribution in [2.24, 2.45) is 0 Å². The van der Waals surface area contributed by atoms with Gasteiger partial charge in [0.05, 0.1) is 48.1 Å². The third-order valence-corrected chi connectivity index (χ3v) is 8.26. The lowest BCUT2D eigenvalue weighted by Crippen LogP contribution is -1.99. The minimum Gasteiger partial charge on any atom is -0.0783 e. The lowest BCUT2D eigenvalue weighted by Gasteiger charge is -2.06. The quantitative estimate of drug-likeness (QED) is 0.229. The highest BCUT2D eigenvalue weighted by Gasteiger charge is 2.23. The van der Waals surface area contributed by atoms with Crippen LogP contribution in [0.1, 0.15) is 49.7 Å². The van der Waals surface area contributed by atoms with Gasteiger partial charge in [0.2, 0.25) is 0 Å². The van der Waals surface area contributed by atoms with Crippen LogP contribution in [-0.4, -0.2) is 0 Å². The third-order valence-electron chi connectivity index (χ3n) is 8.26. The van der Waals surface area contributed by atoms with E-state index >= 15 is 0 Å². The summed E-state index contributed by atoms with van der Waals surface area (Å²) in [6, 6.07) is 8.41. The smallest absolute Gasteiger partial charge is 0.0783 e. The fourth-order valence-corrected chi connectivity index (χ4v) is 6.10. The van der Waals surface area contributed by atoms with E-state index in [-0.39, 0.29) is 0 Å². The Morgan fingerprint density at radius 1 is 0.521 bits per heavy atom. The first-order valence-corrected chi connectivity index (χ1v) is 16.8. The Morgan fingerprint density at radius 2 is 1.10 bits per heavy atom. The molecule has 0 saturated heterocycles. The van der Waals surface area contributed by atoms with Crippen molar-refractivity contribution in [1.29, 1.82) is 0 Å². The average molecular weight is 613 g/mol. The molecule has 222 valence electrons. The molecule has 0 fully saturated rings. The van der Waals surface area contributed by atoms with E-state index in [4.69, 9.17) is 0 Å². The maximum Gasteiger partial charge on any atom is 0.148 e. The molecule has 0 saturated carbocycles. The summed E-state index contributed by atoms with van der Waals surface area (Å²) in [7, 11) is 0. The van der Waals surface area contributed by atoms with Crippen LogP contribution in [0.2, 0.25) is 0 Å². The second-order valence-electron chi connectivity index (χ2n) is 12.3. The molecule has 0 heterocycles. The molecule has 48 heavy (non-hydrogen) atoms. The van der Waals surface area contributed by atoms with Crippen LogP contribution < -0.4 is 0 Å². The highest BCUT2D eigenvalue weighted by atomic mass is 14.2. The van der Waals surface area contributed by atoms with Gasteiger partial charge in [-0.25, -0.2) is 0 Å². The molecular weight excluding hydrogens is 577 g/mol. The summed E-state index contributed by atoms with van der Waals surface area (Å²) < 4.78 is 0. The number of benzene rings is 1. The monoisotopic (exact) mass is 612 g/mol. The van der Waals surface area contributed by atoms with Gasteiger partial charge in [0.15, 0.2) is 0 Å². The predicted molar refractivity (Wildman–Crippen MR) is 198 cm³/mol. The summed E-state index contributed by atoms with van der Waals surface area (Å²) in [4.78, 5) is 0. The van der Waals surface area contributed by atoms with Gasteiger partial charge in [0, 0.05) is 122 Å². The lowest BCUT2D eigenvalue weighted by atomic mass is 9.88. The molecule has 0 atom stereocenters. The number of rotatable bonds is 5.